The van der Waals surface area contributed by atoms with Crippen molar-refractivity contribution in [2.75, 3.05) is 0 Å². The van der Waals surface area contributed by atoms with Crippen LogP contribution in [-0.2, 0) is 21.6 Å². The van der Waals surface area contributed by atoms with E-state index in [-0.39, 0.29) is 23.2 Å². The number of hydrogen-bond acceptors (Lipinski definition) is 2. The van der Waals surface area contributed by atoms with E-state index >= 15 is 0 Å². The zero-order valence-corrected chi connectivity index (χ0v) is 14.7. The van der Waals surface area contributed by atoms with Gasteiger partial charge in [0.1, 0.15) is 0 Å². The van der Waals surface area contributed by atoms with E-state index in [0.717, 1.165) is 19.3 Å². The molecule has 2 nitrogen and oxygen atoms in total. The first-order valence-electron chi connectivity index (χ1n) is 8.62. The van der Waals surface area contributed by atoms with E-state index in [1.165, 1.54) is 64.2 Å². The van der Waals surface area contributed by atoms with Crippen molar-refractivity contribution >= 4 is 5.97 Å². The summed E-state index contributed by atoms with van der Waals surface area (Å²) in [5, 5.41) is 10.2. The molecule has 0 fully saturated rings. The van der Waals surface area contributed by atoms with Crippen molar-refractivity contribution in [3.8, 4) is 0 Å². The van der Waals surface area contributed by atoms with Gasteiger partial charge in [0.15, 0.2) is 0 Å². The van der Waals surface area contributed by atoms with E-state index in [1.54, 1.807) is 0 Å². The van der Waals surface area contributed by atoms with Crippen molar-refractivity contribution in [3.63, 3.8) is 0 Å². The van der Waals surface area contributed by atoms with Gasteiger partial charge in [0, 0.05) is 22.7 Å². The first-order valence-corrected chi connectivity index (χ1v) is 8.62. The predicted octanol–water partition coefficient (Wildman–Crippen LogP) is 4.77. The Kier molecular flexibility index (Phi) is 21.6. The smallest absolute Gasteiger partial charge is 0.0414 e. The second kappa shape index (κ2) is 19.7. The molecule has 0 bridgehead atoms. The first-order chi connectivity index (χ1) is 9.77. The van der Waals surface area contributed by atoms with Crippen LogP contribution in [0.1, 0.15) is 96.8 Å². The van der Waals surface area contributed by atoms with E-state index in [9.17, 15) is 9.90 Å². The summed E-state index contributed by atoms with van der Waals surface area (Å²) in [4.78, 5) is 10.2. The zero-order chi connectivity index (χ0) is 14.9. The Morgan fingerprint density at radius 2 is 1.19 bits per heavy atom. The molecule has 0 saturated carbocycles. The summed E-state index contributed by atoms with van der Waals surface area (Å²) in [6.45, 7) is 2.26. The molecule has 0 aliphatic rings. The molecule has 0 spiro atoms. The number of unbranched alkanes of at least 4 members (excludes halogenated alkanes) is 11. The normalized spacial score (nSPS) is 10.7. The Balaban J connectivity index is 0. The fourth-order valence-electron chi connectivity index (χ4n) is 2.34. The summed E-state index contributed by atoms with van der Waals surface area (Å²) >= 11 is 0. The minimum absolute atomic E-state index is 0. The first kappa shape index (κ1) is 23.0. The SMILES string of the molecule is CCCCCCCCC=CCCCCCCCC(=O)[O-].[Co]. The quantitative estimate of drug-likeness (QED) is 0.318. The molecule has 0 rings (SSSR count). The van der Waals surface area contributed by atoms with E-state index in [1.807, 2.05) is 0 Å². The number of rotatable bonds is 15. The van der Waals surface area contributed by atoms with Crippen LogP contribution in [0.25, 0.3) is 0 Å². The maximum absolute atomic E-state index is 10.2. The van der Waals surface area contributed by atoms with Crippen LogP contribution in [-0.4, -0.2) is 5.97 Å². The van der Waals surface area contributed by atoms with Crippen LogP contribution >= 0.6 is 0 Å². The second-order valence-electron chi connectivity index (χ2n) is 5.71. The number of carbonyl (C=O) groups excluding carboxylic acids is 1. The van der Waals surface area contributed by atoms with E-state index < -0.39 is 5.97 Å². The summed E-state index contributed by atoms with van der Waals surface area (Å²) in [5.41, 5.74) is 0. The van der Waals surface area contributed by atoms with Gasteiger partial charge in [0.25, 0.3) is 0 Å². The maximum atomic E-state index is 10.2. The van der Waals surface area contributed by atoms with Gasteiger partial charge in [-0.15, -0.1) is 0 Å². The number of aliphatic carboxylic acids is 1. The molecule has 1 radical (unpaired) electrons. The Bertz CT molecular complexity index is 239. The number of hydrogen-bond donors (Lipinski definition) is 0. The largest absolute Gasteiger partial charge is 0.550 e. The molecule has 21 heavy (non-hydrogen) atoms. The molecule has 0 atom stereocenters. The topological polar surface area (TPSA) is 40.1 Å². The summed E-state index contributed by atoms with van der Waals surface area (Å²) < 4.78 is 0. The average Bonchev–Trinajstić information content (AvgIpc) is 2.43. The van der Waals surface area contributed by atoms with Crippen molar-refractivity contribution in [2.24, 2.45) is 0 Å². The third kappa shape index (κ3) is 22.1. The van der Waals surface area contributed by atoms with Crippen molar-refractivity contribution < 1.29 is 26.7 Å². The van der Waals surface area contributed by atoms with Crippen molar-refractivity contribution in [2.45, 2.75) is 96.8 Å². The molecular weight excluding hydrogens is 307 g/mol. The van der Waals surface area contributed by atoms with E-state index in [4.69, 9.17) is 0 Å². The predicted molar refractivity (Wildman–Crippen MR) is 84.5 cm³/mol. The molecule has 0 amide bonds. The van der Waals surface area contributed by atoms with Crippen LogP contribution in [0.3, 0.4) is 0 Å². The average molecular weight is 340 g/mol. The van der Waals surface area contributed by atoms with Gasteiger partial charge >= 0.3 is 0 Å². The van der Waals surface area contributed by atoms with E-state index in [2.05, 4.69) is 19.1 Å². The zero-order valence-electron chi connectivity index (χ0n) is 13.7. The summed E-state index contributed by atoms with van der Waals surface area (Å²) in [7, 11) is 0. The van der Waals surface area contributed by atoms with Gasteiger partial charge in [-0.2, -0.15) is 0 Å². The van der Waals surface area contributed by atoms with Gasteiger partial charge in [-0.05, 0) is 38.5 Å². The monoisotopic (exact) mass is 340 g/mol. The molecule has 0 N–H and O–H groups in total. The van der Waals surface area contributed by atoms with Gasteiger partial charge in [0.2, 0.25) is 0 Å². The molecule has 0 saturated heterocycles. The molecular formula is C18H33CoO2-. The molecule has 127 valence electrons. The van der Waals surface area contributed by atoms with E-state index in [0.29, 0.717) is 0 Å². The molecule has 0 aromatic rings. The van der Waals surface area contributed by atoms with Crippen LogP contribution < -0.4 is 5.11 Å². The minimum atomic E-state index is -0.914. The third-order valence-electron chi connectivity index (χ3n) is 3.64. The van der Waals surface area contributed by atoms with Crippen molar-refractivity contribution in [3.05, 3.63) is 12.2 Å². The Morgan fingerprint density at radius 3 is 1.67 bits per heavy atom. The summed E-state index contributed by atoms with van der Waals surface area (Å²) in [6.07, 6.45) is 20.9. The van der Waals surface area contributed by atoms with Gasteiger partial charge in [0.05, 0.1) is 0 Å². The molecule has 0 heterocycles. The Labute approximate surface area is 142 Å². The molecule has 3 heteroatoms. The molecule has 0 unspecified atom stereocenters. The maximum Gasteiger partial charge on any atom is 0.0414 e. The van der Waals surface area contributed by atoms with Gasteiger partial charge < -0.3 is 9.90 Å². The molecule has 0 aliphatic heterocycles. The van der Waals surface area contributed by atoms with Crippen LogP contribution in [0, 0.1) is 0 Å². The minimum Gasteiger partial charge on any atom is -0.550 e. The molecule has 0 aromatic heterocycles. The molecule has 0 aromatic carbocycles. The van der Waals surface area contributed by atoms with Crippen LogP contribution in [0.5, 0.6) is 0 Å². The van der Waals surface area contributed by atoms with Crippen molar-refractivity contribution in [1.82, 2.24) is 0 Å². The second-order valence-corrected chi connectivity index (χ2v) is 5.71. The Morgan fingerprint density at radius 1 is 0.762 bits per heavy atom. The van der Waals surface area contributed by atoms with Crippen LogP contribution in [0.2, 0.25) is 0 Å². The number of carboxylic acid groups (broad SMARTS) is 1. The van der Waals surface area contributed by atoms with Gasteiger partial charge in [-0.25, -0.2) is 0 Å². The summed E-state index contributed by atoms with van der Waals surface area (Å²) in [6, 6.07) is 0. The van der Waals surface area contributed by atoms with Gasteiger partial charge in [-0.1, -0.05) is 70.4 Å². The number of carboxylic acids is 1. The third-order valence-corrected chi connectivity index (χ3v) is 3.64. The van der Waals surface area contributed by atoms with Crippen molar-refractivity contribution in [1.29, 1.82) is 0 Å². The van der Waals surface area contributed by atoms with Crippen LogP contribution in [0.4, 0.5) is 0 Å². The van der Waals surface area contributed by atoms with Gasteiger partial charge in [-0.3, -0.25) is 0 Å². The fourth-order valence-corrected chi connectivity index (χ4v) is 2.34. The van der Waals surface area contributed by atoms with Crippen LogP contribution in [0.15, 0.2) is 12.2 Å². The molecule has 0 aliphatic carbocycles. The number of carbonyl (C=O) groups is 1. The fraction of sp³-hybridized carbons (Fsp3) is 0.833. The standard InChI is InChI=1S/C18H34O2.Co/c1-2-3-4-5-6-7-8-9-10-11-12-13-14-15-16-17-18(19)20;/h9-10H,2-8,11-17H2,1H3,(H,19,20);/p-1. The summed E-state index contributed by atoms with van der Waals surface area (Å²) in [5.74, 6) is -0.914. The Hall–Kier alpha value is -0.284. The number of allylic oxidation sites excluding steroid dienone is 2.